The first-order valence-corrected chi connectivity index (χ1v) is 7.03. The highest BCUT2D eigenvalue weighted by molar-refractivity contribution is 5.86. The van der Waals surface area contributed by atoms with Crippen LogP contribution in [0.25, 0.3) is 0 Å². The maximum atomic E-state index is 12.1. The molecule has 0 bridgehead atoms. The zero-order valence-electron chi connectivity index (χ0n) is 12.0. The molecule has 0 saturated carbocycles. The van der Waals surface area contributed by atoms with Gasteiger partial charge in [-0.2, -0.15) is 0 Å². The fraction of sp³-hybridized carbons (Fsp3) is 0.533. The van der Waals surface area contributed by atoms with Crippen LogP contribution >= 0.6 is 0 Å². The maximum Gasteiger partial charge on any atom is 0.243 e. The Bertz CT molecular complexity index is 430. The molecule has 20 heavy (non-hydrogen) atoms. The normalized spacial score (nSPS) is 20.1. The third-order valence-corrected chi connectivity index (χ3v) is 3.89. The smallest absolute Gasteiger partial charge is 0.243 e. The summed E-state index contributed by atoms with van der Waals surface area (Å²) in [4.78, 5) is 14.4. The van der Waals surface area contributed by atoms with E-state index >= 15 is 0 Å². The average Bonchev–Trinajstić information content (AvgIpc) is 2.74. The molecule has 2 rings (SSSR count). The van der Waals surface area contributed by atoms with Gasteiger partial charge in [0.1, 0.15) is 5.54 Å². The van der Waals surface area contributed by atoms with Gasteiger partial charge in [-0.05, 0) is 19.0 Å². The van der Waals surface area contributed by atoms with Crippen molar-refractivity contribution in [2.24, 2.45) is 5.73 Å². The topological polar surface area (TPSA) is 67.6 Å². The van der Waals surface area contributed by atoms with E-state index in [0.29, 0.717) is 13.2 Å². The van der Waals surface area contributed by atoms with Crippen LogP contribution in [0.2, 0.25) is 0 Å². The van der Waals surface area contributed by atoms with Crippen molar-refractivity contribution in [3.63, 3.8) is 0 Å². The molecule has 1 aliphatic heterocycles. The summed E-state index contributed by atoms with van der Waals surface area (Å²) in [5.74, 6) is -0.351. The lowest BCUT2D eigenvalue weighted by Crippen LogP contribution is -2.58. The summed E-state index contributed by atoms with van der Waals surface area (Å²) in [5, 5.41) is 3.14. The van der Waals surface area contributed by atoms with Gasteiger partial charge in [0.2, 0.25) is 5.91 Å². The molecule has 5 heteroatoms. The SMILES string of the molecule is CNC(CN1CCCOCC1)(C(N)=O)c1ccccc1. The van der Waals surface area contributed by atoms with Gasteiger partial charge in [-0.25, -0.2) is 0 Å². The van der Waals surface area contributed by atoms with Crippen LogP contribution in [0.1, 0.15) is 12.0 Å². The maximum absolute atomic E-state index is 12.1. The minimum absolute atomic E-state index is 0.351. The Morgan fingerprint density at radius 1 is 1.35 bits per heavy atom. The van der Waals surface area contributed by atoms with Crippen LogP contribution < -0.4 is 11.1 Å². The highest BCUT2D eigenvalue weighted by Crippen LogP contribution is 2.22. The summed E-state index contributed by atoms with van der Waals surface area (Å²) in [6.07, 6.45) is 0.980. The van der Waals surface area contributed by atoms with Crippen molar-refractivity contribution >= 4 is 5.91 Å². The van der Waals surface area contributed by atoms with Crippen molar-refractivity contribution in [3.05, 3.63) is 35.9 Å². The van der Waals surface area contributed by atoms with Crippen molar-refractivity contribution in [2.45, 2.75) is 12.0 Å². The molecule has 0 spiro atoms. The summed E-state index contributed by atoms with van der Waals surface area (Å²) in [5.41, 5.74) is 5.76. The number of hydrogen-bond acceptors (Lipinski definition) is 4. The standard InChI is InChI=1S/C15H23N3O2/c1-17-15(14(16)19,13-6-3-2-4-7-13)12-18-8-5-10-20-11-9-18/h2-4,6-7,17H,5,8-12H2,1H3,(H2,16,19). The first-order chi connectivity index (χ1) is 9.69. The molecule has 1 aromatic rings. The van der Waals surface area contributed by atoms with Gasteiger partial charge in [-0.3, -0.25) is 9.69 Å². The highest BCUT2D eigenvalue weighted by Gasteiger charge is 2.38. The Labute approximate surface area is 120 Å². The van der Waals surface area contributed by atoms with E-state index in [0.717, 1.165) is 31.7 Å². The van der Waals surface area contributed by atoms with E-state index in [1.165, 1.54) is 0 Å². The highest BCUT2D eigenvalue weighted by atomic mass is 16.5. The third kappa shape index (κ3) is 3.17. The second-order valence-electron chi connectivity index (χ2n) is 5.13. The molecule has 1 saturated heterocycles. The third-order valence-electron chi connectivity index (χ3n) is 3.89. The first kappa shape index (κ1) is 15.0. The van der Waals surface area contributed by atoms with E-state index in [4.69, 9.17) is 10.5 Å². The Kier molecular flexibility index (Phi) is 5.11. The minimum atomic E-state index is -0.856. The summed E-state index contributed by atoms with van der Waals surface area (Å²) in [7, 11) is 1.78. The van der Waals surface area contributed by atoms with Gasteiger partial charge in [-0.15, -0.1) is 0 Å². The number of nitrogens with two attached hydrogens (primary N) is 1. The van der Waals surface area contributed by atoms with Gasteiger partial charge in [0.15, 0.2) is 0 Å². The zero-order valence-corrected chi connectivity index (χ0v) is 12.0. The van der Waals surface area contributed by atoms with Crippen molar-refractivity contribution in [2.75, 3.05) is 39.9 Å². The Balaban J connectivity index is 2.25. The molecular formula is C15H23N3O2. The van der Waals surface area contributed by atoms with Gasteiger partial charge in [0, 0.05) is 26.2 Å². The van der Waals surface area contributed by atoms with Gasteiger partial charge < -0.3 is 15.8 Å². The van der Waals surface area contributed by atoms with E-state index in [9.17, 15) is 4.79 Å². The van der Waals surface area contributed by atoms with Crippen LogP contribution in [0.15, 0.2) is 30.3 Å². The molecular weight excluding hydrogens is 254 g/mol. The van der Waals surface area contributed by atoms with E-state index in [1.54, 1.807) is 7.05 Å². The number of carbonyl (C=O) groups is 1. The van der Waals surface area contributed by atoms with Gasteiger partial charge >= 0.3 is 0 Å². The number of primary amides is 1. The molecule has 1 unspecified atom stereocenters. The number of benzene rings is 1. The molecule has 1 fully saturated rings. The van der Waals surface area contributed by atoms with E-state index in [1.807, 2.05) is 30.3 Å². The zero-order chi connectivity index (χ0) is 14.4. The molecule has 1 aromatic carbocycles. The lowest BCUT2D eigenvalue weighted by atomic mass is 9.88. The second kappa shape index (κ2) is 6.83. The number of nitrogens with zero attached hydrogens (tertiary/aromatic N) is 1. The largest absolute Gasteiger partial charge is 0.380 e. The Morgan fingerprint density at radius 2 is 2.10 bits per heavy atom. The quantitative estimate of drug-likeness (QED) is 0.813. The van der Waals surface area contributed by atoms with Gasteiger partial charge in [-0.1, -0.05) is 30.3 Å². The summed E-state index contributed by atoms with van der Waals surface area (Å²) >= 11 is 0. The molecule has 3 N–H and O–H groups in total. The molecule has 5 nitrogen and oxygen atoms in total. The van der Waals surface area contributed by atoms with Crippen LogP contribution in [0.3, 0.4) is 0 Å². The molecule has 110 valence electrons. The lowest BCUT2D eigenvalue weighted by Gasteiger charge is -2.35. The Morgan fingerprint density at radius 3 is 2.75 bits per heavy atom. The number of ether oxygens (including phenoxy) is 1. The molecule has 1 aliphatic rings. The molecule has 0 radical (unpaired) electrons. The number of hydrogen-bond donors (Lipinski definition) is 2. The van der Waals surface area contributed by atoms with Crippen molar-refractivity contribution in [3.8, 4) is 0 Å². The van der Waals surface area contributed by atoms with Gasteiger partial charge in [0.25, 0.3) is 0 Å². The lowest BCUT2D eigenvalue weighted by molar-refractivity contribution is -0.125. The number of likely N-dealkylation sites (N-methyl/N-ethyl adjacent to an activating group) is 1. The Hall–Kier alpha value is -1.43. The average molecular weight is 277 g/mol. The summed E-state index contributed by atoms with van der Waals surface area (Å²) in [6, 6.07) is 9.67. The fourth-order valence-electron chi connectivity index (χ4n) is 2.67. The molecule has 0 aliphatic carbocycles. The van der Waals surface area contributed by atoms with E-state index < -0.39 is 5.54 Å². The van der Waals surface area contributed by atoms with Crippen molar-refractivity contribution < 1.29 is 9.53 Å². The monoisotopic (exact) mass is 277 g/mol. The predicted molar refractivity (Wildman–Crippen MR) is 78.3 cm³/mol. The van der Waals surface area contributed by atoms with E-state index in [-0.39, 0.29) is 5.91 Å². The van der Waals surface area contributed by atoms with Crippen LogP contribution in [0.4, 0.5) is 0 Å². The van der Waals surface area contributed by atoms with Crippen molar-refractivity contribution in [1.29, 1.82) is 0 Å². The van der Waals surface area contributed by atoms with Crippen molar-refractivity contribution in [1.82, 2.24) is 10.2 Å². The number of carbonyl (C=O) groups excluding carboxylic acids is 1. The minimum Gasteiger partial charge on any atom is -0.380 e. The van der Waals surface area contributed by atoms with Crippen LogP contribution in [-0.2, 0) is 15.1 Å². The number of amides is 1. The van der Waals surface area contributed by atoms with Crippen LogP contribution in [0.5, 0.6) is 0 Å². The number of nitrogens with one attached hydrogen (secondary N) is 1. The molecule has 1 atom stereocenters. The first-order valence-electron chi connectivity index (χ1n) is 7.03. The predicted octanol–water partition coefficient (Wildman–Crippen LogP) is 0.309. The molecule has 0 aromatic heterocycles. The summed E-state index contributed by atoms with van der Waals surface area (Å²) < 4.78 is 5.46. The van der Waals surface area contributed by atoms with Crippen LogP contribution in [0, 0.1) is 0 Å². The van der Waals surface area contributed by atoms with Crippen LogP contribution in [-0.4, -0.2) is 50.7 Å². The summed E-state index contributed by atoms with van der Waals surface area (Å²) in [6.45, 7) is 3.79. The fourth-order valence-corrected chi connectivity index (χ4v) is 2.67. The number of rotatable bonds is 5. The van der Waals surface area contributed by atoms with E-state index in [2.05, 4.69) is 10.2 Å². The van der Waals surface area contributed by atoms with Gasteiger partial charge in [0.05, 0.1) is 6.61 Å². The second-order valence-corrected chi connectivity index (χ2v) is 5.13. The molecule has 1 heterocycles. The molecule has 1 amide bonds.